The Kier molecular flexibility index (Phi) is 19.4. The summed E-state index contributed by atoms with van der Waals surface area (Å²) in [6.45, 7) is 9.68. The molecule has 1 heterocycles. The van der Waals surface area contributed by atoms with Crippen molar-refractivity contribution in [2.75, 3.05) is 29.9 Å². The zero-order chi connectivity index (χ0) is 24.0. The molecule has 0 spiro atoms. The van der Waals surface area contributed by atoms with Gasteiger partial charge in [0.2, 0.25) is 17.2 Å². The molecule has 0 unspecified atom stereocenters. The third kappa shape index (κ3) is 16.2. The predicted octanol–water partition coefficient (Wildman–Crippen LogP) is 8.82. The van der Waals surface area contributed by atoms with Gasteiger partial charge in [-0.2, -0.15) is 15.0 Å². The van der Waals surface area contributed by atoms with Gasteiger partial charge in [-0.3, -0.25) is 0 Å². The highest BCUT2D eigenvalue weighted by atomic mass is 35.5. The zero-order valence-corrected chi connectivity index (χ0v) is 22.8. The maximum Gasteiger partial charge on any atom is 0.231 e. The van der Waals surface area contributed by atoms with E-state index in [0.29, 0.717) is 11.2 Å². The van der Waals surface area contributed by atoms with E-state index in [1.54, 1.807) is 0 Å². The summed E-state index contributed by atoms with van der Waals surface area (Å²) in [6, 6.07) is 0. The van der Waals surface area contributed by atoms with Crippen molar-refractivity contribution in [3.8, 4) is 0 Å². The van der Waals surface area contributed by atoms with E-state index in [2.05, 4.69) is 41.0 Å². The molecule has 33 heavy (non-hydrogen) atoms. The fraction of sp³-hybridized carbons (Fsp3) is 0.889. The Labute approximate surface area is 209 Å². The standard InChI is InChI=1S/C27H52ClN5/c1-4-7-10-13-16-19-22-29-26-30-25(28)31-27(32-26)33(23-20-17-14-11-8-5-2)24-21-18-15-12-9-6-3/h4-24H2,1-3H3,(H,29,30,31,32). The molecular formula is C27H52ClN5. The Morgan fingerprint density at radius 3 is 1.55 bits per heavy atom. The van der Waals surface area contributed by atoms with Crippen molar-refractivity contribution in [3.63, 3.8) is 0 Å². The molecule has 5 nitrogen and oxygen atoms in total. The summed E-state index contributed by atoms with van der Waals surface area (Å²) in [6.07, 6.45) is 23.2. The van der Waals surface area contributed by atoms with E-state index in [9.17, 15) is 0 Å². The summed E-state index contributed by atoms with van der Waals surface area (Å²) in [5.41, 5.74) is 0. The van der Waals surface area contributed by atoms with Crippen LogP contribution in [0.15, 0.2) is 0 Å². The van der Waals surface area contributed by atoms with Crippen molar-refractivity contribution in [2.24, 2.45) is 0 Å². The molecule has 0 aliphatic heterocycles. The van der Waals surface area contributed by atoms with Crippen LogP contribution < -0.4 is 10.2 Å². The van der Waals surface area contributed by atoms with Gasteiger partial charge in [0, 0.05) is 19.6 Å². The monoisotopic (exact) mass is 481 g/mol. The number of aromatic nitrogens is 3. The number of hydrogen-bond donors (Lipinski definition) is 1. The Hall–Kier alpha value is -1.10. The first-order valence-corrected chi connectivity index (χ1v) is 14.5. The van der Waals surface area contributed by atoms with E-state index >= 15 is 0 Å². The molecule has 0 aliphatic carbocycles. The maximum atomic E-state index is 6.30. The van der Waals surface area contributed by atoms with Crippen molar-refractivity contribution >= 4 is 23.5 Å². The van der Waals surface area contributed by atoms with Gasteiger partial charge in [-0.25, -0.2) is 0 Å². The molecule has 1 aromatic rings. The van der Waals surface area contributed by atoms with Gasteiger partial charge < -0.3 is 10.2 Å². The molecule has 192 valence electrons. The van der Waals surface area contributed by atoms with Crippen LogP contribution >= 0.6 is 11.6 Å². The minimum atomic E-state index is 0.293. The van der Waals surface area contributed by atoms with Crippen LogP contribution in [0.25, 0.3) is 0 Å². The normalized spacial score (nSPS) is 11.2. The van der Waals surface area contributed by atoms with Crippen LogP contribution in [-0.4, -0.2) is 34.6 Å². The minimum absolute atomic E-state index is 0.293. The molecule has 0 saturated carbocycles. The van der Waals surface area contributed by atoms with Crippen LogP contribution in [0, 0.1) is 0 Å². The molecule has 0 amide bonds. The Morgan fingerprint density at radius 1 is 0.576 bits per heavy atom. The van der Waals surface area contributed by atoms with Gasteiger partial charge in [0.1, 0.15) is 0 Å². The lowest BCUT2D eigenvalue weighted by atomic mass is 10.1. The van der Waals surface area contributed by atoms with Gasteiger partial charge in [0.25, 0.3) is 0 Å². The average molecular weight is 482 g/mol. The molecule has 0 bridgehead atoms. The molecule has 0 aromatic carbocycles. The third-order valence-corrected chi connectivity index (χ3v) is 6.42. The largest absolute Gasteiger partial charge is 0.354 e. The highest BCUT2D eigenvalue weighted by Gasteiger charge is 2.13. The number of nitrogens with one attached hydrogen (secondary N) is 1. The van der Waals surface area contributed by atoms with Crippen LogP contribution in [0.1, 0.15) is 136 Å². The summed E-state index contributed by atoms with van der Waals surface area (Å²) in [7, 11) is 0. The van der Waals surface area contributed by atoms with Crippen molar-refractivity contribution in [1.82, 2.24) is 15.0 Å². The van der Waals surface area contributed by atoms with E-state index in [1.165, 1.54) is 109 Å². The number of unbranched alkanes of at least 4 members (excludes halogenated alkanes) is 15. The lowest BCUT2D eigenvalue weighted by Gasteiger charge is -2.23. The number of rotatable bonds is 23. The summed E-state index contributed by atoms with van der Waals surface area (Å²) in [5, 5.41) is 3.67. The smallest absolute Gasteiger partial charge is 0.231 e. The van der Waals surface area contributed by atoms with Crippen LogP contribution in [0.3, 0.4) is 0 Å². The number of nitrogens with zero attached hydrogens (tertiary/aromatic N) is 4. The van der Waals surface area contributed by atoms with Gasteiger partial charge >= 0.3 is 0 Å². The van der Waals surface area contributed by atoms with Gasteiger partial charge in [-0.1, -0.05) is 117 Å². The predicted molar refractivity (Wildman–Crippen MR) is 146 cm³/mol. The van der Waals surface area contributed by atoms with Gasteiger partial charge in [0.05, 0.1) is 0 Å². The van der Waals surface area contributed by atoms with Gasteiger partial charge in [-0.05, 0) is 30.9 Å². The number of anilines is 2. The second kappa shape index (κ2) is 21.4. The fourth-order valence-electron chi connectivity index (χ4n) is 4.14. The molecule has 0 radical (unpaired) electrons. The second-order valence-electron chi connectivity index (χ2n) is 9.45. The van der Waals surface area contributed by atoms with E-state index in [4.69, 9.17) is 16.6 Å². The number of halogens is 1. The second-order valence-corrected chi connectivity index (χ2v) is 9.78. The van der Waals surface area contributed by atoms with Crippen LogP contribution in [0.2, 0.25) is 5.28 Å². The van der Waals surface area contributed by atoms with Crippen molar-refractivity contribution < 1.29 is 0 Å². The Morgan fingerprint density at radius 2 is 1.03 bits per heavy atom. The van der Waals surface area contributed by atoms with Crippen molar-refractivity contribution in [2.45, 2.75) is 136 Å². The quantitative estimate of drug-likeness (QED) is 0.158. The molecule has 1 rings (SSSR count). The number of hydrogen-bond acceptors (Lipinski definition) is 5. The zero-order valence-electron chi connectivity index (χ0n) is 22.0. The summed E-state index contributed by atoms with van der Waals surface area (Å²) < 4.78 is 0. The highest BCUT2D eigenvalue weighted by molar-refractivity contribution is 6.28. The SMILES string of the molecule is CCCCCCCCNc1nc(Cl)nc(N(CCCCCCCC)CCCCCCCC)n1. The molecular weight excluding hydrogens is 430 g/mol. The lowest BCUT2D eigenvalue weighted by molar-refractivity contribution is 0.570. The first kappa shape index (κ1) is 29.9. The van der Waals surface area contributed by atoms with Crippen molar-refractivity contribution in [1.29, 1.82) is 0 Å². The van der Waals surface area contributed by atoms with E-state index < -0.39 is 0 Å². The van der Waals surface area contributed by atoms with Gasteiger partial charge in [0.15, 0.2) is 0 Å². The average Bonchev–Trinajstić information content (AvgIpc) is 2.81. The molecule has 0 saturated heterocycles. The highest BCUT2D eigenvalue weighted by Crippen LogP contribution is 2.17. The lowest BCUT2D eigenvalue weighted by Crippen LogP contribution is -2.28. The topological polar surface area (TPSA) is 53.9 Å². The van der Waals surface area contributed by atoms with Crippen LogP contribution in [-0.2, 0) is 0 Å². The summed E-state index contributed by atoms with van der Waals surface area (Å²) in [4.78, 5) is 15.9. The first-order valence-electron chi connectivity index (χ1n) is 14.1. The Balaban J connectivity index is 2.57. The Bertz CT molecular complexity index is 553. The van der Waals surface area contributed by atoms with Crippen LogP contribution in [0.5, 0.6) is 0 Å². The van der Waals surface area contributed by atoms with Gasteiger partial charge in [-0.15, -0.1) is 0 Å². The maximum absolute atomic E-state index is 6.30. The van der Waals surface area contributed by atoms with E-state index in [1.807, 2.05) is 0 Å². The summed E-state index contributed by atoms with van der Waals surface area (Å²) in [5.74, 6) is 1.36. The van der Waals surface area contributed by atoms with E-state index in [0.717, 1.165) is 32.0 Å². The minimum Gasteiger partial charge on any atom is -0.354 e. The summed E-state index contributed by atoms with van der Waals surface area (Å²) >= 11 is 6.30. The molecule has 1 aromatic heterocycles. The molecule has 0 atom stereocenters. The van der Waals surface area contributed by atoms with E-state index in [-0.39, 0.29) is 0 Å². The first-order chi connectivity index (χ1) is 16.2. The molecule has 0 aliphatic rings. The molecule has 0 fully saturated rings. The fourth-order valence-corrected chi connectivity index (χ4v) is 4.30. The molecule has 6 heteroatoms. The molecule has 1 N–H and O–H groups in total. The third-order valence-electron chi connectivity index (χ3n) is 6.26. The van der Waals surface area contributed by atoms with Crippen LogP contribution in [0.4, 0.5) is 11.9 Å². The van der Waals surface area contributed by atoms with Crippen molar-refractivity contribution in [3.05, 3.63) is 5.28 Å².